The summed E-state index contributed by atoms with van der Waals surface area (Å²) in [5.41, 5.74) is 6.17. The summed E-state index contributed by atoms with van der Waals surface area (Å²) in [4.78, 5) is 22.4. The predicted molar refractivity (Wildman–Crippen MR) is 61.4 cm³/mol. The number of ether oxygens (including phenoxy) is 1. The van der Waals surface area contributed by atoms with Gasteiger partial charge in [-0.05, 0) is 24.3 Å². The number of ketones is 1. The first kappa shape index (κ1) is 12.3. The van der Waals surface area contributed by atoms with Crippen molar-refractivity contribution in [2.75, 3.05) is 12.8 Å². The van der Waals surface area contributed by atoms with Crippen LogP contribution in [0.5, 0.6) is 0 Å². The third kappa shape index (κ3) is 3.10. The molecule has 84 valence electrons. The number of benzene rings is 1. The lowest BCUT2D eigenvalue weighted by Crippen LogP contribution is -2.02. The first-order valence-electron chi connectivity index (χ1n) is 4.40. The maximum atomic E-state index is 11.6. The molecule has 5 heteroatoms. The lowest BCUT2D eigenvalue weighted by Gasteiger charge is -2.01. The van der Waals surface area contributed by atoms with Crippen molar-refractivity contribution < 1.29 is 14.3 Å². The van der Waals surface area contributed by atoms with Crippen molar-refractivity contribution in [3.8, 4) is 0 Å². The van der Waals surface area contributed by atoms with Crippen molar-refractivity contribution in [1.29, 1.82) is 0 Å². The summed E-state index contributed by atoms with van der Waals surface area (Å²) in [6.07, 6.45) is 2.12. The third-order valence-corrected chi connectivity index (χ3v) is 2.09. The maximum absolute atomic E-state index is 11.6. The Kier molecular flexibility index (Phi) is 4.08. The average Bonchev–Trinajstić information content (AvgIpc) is 2.28. The van der Waals surface area contributed by atoms with Gasteiger partial charge in [-0.25, -0.2) is 4.79 Å². The van der Waals surface area contributed by atoms with E-state index in [0.717, 1.165) is 12.2 Å². The van der Waals surface area contributed by atoms with Crippen LogP contribution in [0.2, 0.25) is 5.02 Å². The molecule has 0 radical (unpaired) electrons. The van der Waals surface area contributed by atoms with Gasteiger partial charge in [0.15, 0.2) is 5.78 Å². The number of nitrogens with two attached hydrogens (primary N) is 1. The van der Waals surface area contributed by atoms with E-state index in [4.69, 9.17) is 17.3 Å². The van der Waals surface area contributed by atoms with Crippen LogP contribution in [-0.4, -0.2) is 18.9 Å². The van der Waals surface area contributed by atoms with Crippen LogP contribution in [0.15, 0.2) is 30.4 Å². The van der Waals surface area contributed by atoms with Gasteiger partial charge in [0.2, 0.25) is 0 Å². The Labute approximate surface area is 97.6 Å². The molecule has 0 bridgehead atoms. The zero-order valence-corrected chi connectivity index (χ0v) is 9.32. The zero-order chi connectivity index (χ0) is 12.1. The summed E-state index contributed by atoms with van der Waals surface area (Å²) in [5.74, 6) is -1.00. The molecular weight excluding hydrogens is 230 g/mol. The van der Waals surface area contributed by atoms with Crippen LogP contribution in [0, 0.1) is 0 Å². The highest BCUT2D eigenvalue weighted by Gasteiger charge is 2.07. The van der Waals surface area contributed by atoms with Crippen LogP contribution in [-0.2, 0) is 9.53 Å². The van der Waals surface area contributed by atoms with Crippen LogP contribution in [0.4, 0.5) is 5.69 Å². The molecule has 4 nitrogen and oxygen atoms in total. The number of methoxy groups -OCH3 is 1. The van der Waals surface area contributed by atoms with Gasteiger partial charge in [-0.3, -0.25) is 4.79 Å². The van der Waals surface area contributed by atoms with E-state index in [-0.39, 0.29) is 5.56 Å². The Hall–Kier alpha value is -1.81. The smallest absolute Gasteiger partial charge is 0.330 e. The van der Waals surface area contributed by atoms with Crippen molar-refractivity contribution >= 4 is 29.0 Å². The number of hydrogen-bond donors (Lipinski definition) is 1. The lowest BCUT2D eigenvalue weighted by atomic mass is 10.1. The Balaban J connectivity index is 2.92. The second kappa shape index (κ2) is 5.32. The Morgan fingerprint density at radius 1 is 1.38 bits per heavy atom. The van der Waals surface area contributed by atoms with E-state index in [1.807, 2.05) is 0 Å². The van der Waals surface area contributed by atoms with Crippen LogP contribution < -0.4 is 5.73 Å². The van der Waals surface area contributed by atoms with E-state index in [0.29, 0.717) is 10.7 Å². The molecule has 0 atom stereocenters. The van der Waals surface area contributed by atoms with Crippen LogP contribution in [0.25, 0.3) is 0 Å². The molecule has 1 aromatic carbocycles. The van der Waals surface area contributed by atoms with Crippen molar-refractivity contribution in [3.05, 3.63) is 40.9 Å². The van der Waals surface area contributed by atoms with E-state index in [9.17, 15) is 9.59 Å². The Bertz CT molecular complexity index is 455. The molecule has 0 aliphatic rings. The number of halogens is 1. The first-order chi connectivity index (χ1) is 7.54. The molecule has 2 N–H and O–H groups in total. The summed E-state index contributed by atoms with van der Waals surface area (Å²) in [6, 6.07) is 4.56. The summed E-state index contributed by atoms with van der Waals surface area (Å²) in [6.45, 7) is 0. The SMILES string of the molecule is COC(=O)/C=C/C(=O)c1cc(Cl)ccc1N. The van der Waals surface area contributed by atoms with Gasteiger partial charge in [-0.1, -0.05) is 11.6 Å². The number of carbonyl (C=O) groups is 2. The highest BCUT2D eigenvalue weighted by atomic mass is 35.5. The van der Waals surface area contributed by atoms with Crippen LogP contribution >= 0.6 is 11.6 Å². The maximum Gasteiger partial charge on any atom is 0.330 e. The normalized spacial score (nSPS) is 10.4. The molecule has 0 spiro atoms. The quantitative estimate of drug-likeness (QED) is 0.378. The first-order valence-corrected chi connectivity index (χ1v) is 4.77. The second-order valence-corrected chi connectivity index (χ2v) is 3.39. The number of rotatable bonds is 3. The minimum absolute atomic E-state index is 0.257. The molecule has 0 fully saturated rings. The molecule has 0 heterocycles. The molecule has 16 heavy (non-hydrogen) atoms. The van der Waals surface area contributed by atoms with Crippen molar-refractivity contribution in [3.63, 3.8) is 0 Å². The minimum Gasteiger partial charge on any atom is -0.466 e. The lowest BCUT2D eigenvalue weighted by molar-refractivity contribution is -0.134. The molecule has 0 saturated heterocycles. The number of nitrogen functional groups attached to an aromatic ring is 1. The van der Waals surface area contributed by atoms with Gasteiger partial charge in [0.25, 0.3) is 0 Å². The summed E-state index contributed by atoms with van der Waals surface area (Å²) >= 11 is 5.73. The van der Waals surface area contributed by atoms with Gasteiger partial charge < -0.3 is 10.5 Å². The van der Waals surface area contributed by atoms with Gasteiger partial charge in [0.1, 0.15) is 0 Å². The van der Waals surface area contributed by atoms with Gasteiger partial charge in [0.05, 0.1) is 7.11 Å². The molecule has 0 saturated carbocycles. The number of carbonyl (C=O) groups excluding carboxylic acids is 2. The number of esters is 1. The highest BCUT2D eigenvalue weighted by Crippen LogP contribution is 2.18. The fraction of sp³-hybridized carbons (Fsp3) is 0.0909. The molecule has 0 aliphatic heterocycles. The van der Waals surface area contributed by atoms with Gasteiger partial charge >= 0.3 is 5.97 Å². The standard InChI is InChI=1S/C11H10ClNO3/c1-16-11(15)5-4-10(14)8-6-7(12)2-3-9(8)13/h2-6H,13H2,1H3/b5-4+. The Morgan fingerprint density at radius 3 is 2.69 bits per heavy atom. The fourth-order valence-corrected chi connectivity index (χ4v) is 1.22. The van der Waals surface area contributed by atoms with Crippen molar-refractivity contribution in [2.24, 2.45) is 0 Å². The molecule has 0 aliphatic carbocycles. The second-order valence-electron chi connectivity index (χ2n) is 2.95. The molecule has 1 rings (SSSR count). The van der Waals surface area contributed by atoms with Gasteiger partial charge in [0, 0.05) is 22.3 Å². The predicted octanol–water partition coefficient (Wildman–Crippen LogP) is 1.83. The van der Waals surface area contributed by atoms with Crippen LogP contribution in [0.3, 0.4) is 0 Å². The minimum atomic E-state index is -0.603. The van der Waals surface area contributed by atoms with E-state index >= 15 is 0 Å². The summed E-state index contributed by atoms with van der Waals surface area (Å²) in [5, 5.41) is 0.406. The van der Waals surface area contributed by atoms with E-state index in [2.05, 4.69) is 4.74 Å². The molecule has 0 amide bonds. The van der Waals surface area contributed by atoms with E-state index in [1.165, 1.54) is 19.2 Å². The van der Waals surface area contributed by atoms with E-state index < -0.39 is 11.8 Å². The fourth-order valence-electron chi connectivity index (χ4n) is 1.04. The number of anilines is 1. The molecular formula is C11H10ClNO3. The number of hydrogen-bond acceptors (Lipinski definition) is 4. The molecule has 0 aromatic heterocycles. The Morgan fingerprint density at radius 2 is 2.06 bits per heavy atom. The highest BCUT2D eigenvalue weighted by molar-refractivity contribution is 6.31. The molecule has 1 aromatic rings. The average molecular weight is 240 g/mol. The molecule has 0 unspecified atom stereocenters. The summed E-state index contributed by atoms with van der Waals surface area (Å²) < 4.78 is 4.36. The van der Waals surface area contributed by atoms with Crippen molar-refractivity contribution in [2.45, 2.75) is 0 Å². The largest absolute Gasteiger partial charge is 0.466 e. The van der Waals surface area contributed by atoms with E-state index in [1.54, 1.807) is 6.07 Å². The third-order valence-electron chi connectivity index (χ3n) is 1.85. The van der Waals surface area contributed by atoms with Gasteiger partial charge in [-0.15, -0.1) is 0 Å². The van der Waals surface area contributed by atoms with Crippen molar-refractivity contribution in [1.82, 2.24) is 0 Å². The van der Waals surface area contributed by atoms with Gasteiger partial charge in [-0.2, -0.15) is 0 Å². The summed E-state index contributed by atoms with van der Waals surface area (Å²) in [7, 11) is 1.23. The number of allylic oxidation sites excluding steroid dienone is 1. The topological polar surface area (TPSA) is 69.4 Å². The zero-order valence-electron chi connectivity index (χ0n) is 8.57. The van der Waals surface area contributed by atoms with Crippen LogP contribution in [0.1, 0.15) is 10.4 Å². The monoisotopic (exact) mass is 239 g/mol.